The van der Waals surface area contributed by atoms with Crippen molar-refractivity contribution in [2.24, 2.45) is 5.73 Å². The van der Waals surface area contributed by atoms with Crippen molar-refractivity contribution in [3.63, 3.8) is 0 Å². The number of nitrogens with two attached hydrogens (primary N) is 1. The van der Waals surface area contributed by atoms with Crippen molar-refractivity contribution < 1.29 is 0 Å². The lowest BCUT2D eigenvalue weighted by molar-refractivity contribution is 0.638. The Bertz CT molecular complexity index is 494. The predicted molar refractivity (Wildman–Crippen MR) is 70.8 cm³/mol. The molecule has 2 rings (SSSR count). The smallest absolute Gasteiger partial charge is 0.106 e. The summed E-state index contributed by atoms with van der Waals surface area (Å²) in [6.07, 6.45) is 7.06. The molecule has 0 atom stereocenters. The van der Waals surface area contributed by atoms with Crippen LogP contribution in [0.4, 0.5) is 5.69 Å². The van der Waals surface area contributed by atoms with Crippen molar-refractivity contribution in [2.75, 3.05) is 11.9 Å². The lowest BCUT2D eigenvalue weighted by Crippen LogP contribution is -2.16. The SMILES string of the molecule is NC(=S)c1ccncc1NCCn1cccn1. The van der Waals surface area contributed by atoms with Crippen molar-refractivity contribution in [3.05, 3.63) is 42.5 Å². The summed E-state index contributed by atoms with van der Waals surface area (Å²) >= 11 is 4.97. The van der Waals surface area contributed by atoms with Crippen LogP contribution in [0.5, 0.6) is 0 Å². The van der Waals surface area contributed by atoms with Gasteiger partial charge in [0, 0.05) is 30.7 Å². The average Bonchev–Trinajstić information content (AvgIpc) is 2.82. The lowest BCUT2D eigenvalue weighted by Gasteiger charge is -2.10. The maximum Gasteiger partial charge on any atom is 0.106 e. The van der Waals surface area contributed by atoms with Gasteiger partial charge in [0.2, 0.25) is 0 Å². The highest BCUT2D eigenvalue weighted by atomic mass is 32.1. The van der Waals surface area contributed by atoms with Crippen LogP contribution in [0.15, 0.2) is 36.9 Å². The number of aromatic nitrogens is 3. The van der Waals surface area contributed by atoms with Crippen LogP contribution in [0, 0.1) is 0 Å². The number of nitrogens with zero attached hydrogens (tertiary/aromatic N) is 3. The van der Waals surface area contributed by atoms with Crippen molar-refractivity contribution in [3.8, 4) is 0 Å². The van der Waals surface area contributed by atoms with Crippen LogP contribution in [0.1, 0.15) is 5.56 Å². The molecule has 0 bridgehead atoms. The van der Waals surface area contributed by atoms with Crippen LogP contribution in [0.25, 0.3) is 0 Å². The first-order valence-corrected chi connectivity index (χ1v) is 5.63. The maximum atomic E-state index is 5.63. The van der Waals surface area contributed by atoms with E-state index in [1.807, 2.05) is 16.9 Å². The molecule has 0 aromatic carbocycles. The molecule has 0 unspecified atom stereocenters. The highest BCUT2D eigenvalue weighted by Crippen LogP contribution is 2.12. The monoisotopic (exact) mass is 247 g/mol. The molecular weight excluding hydrogens is 234 g/mol. The number of hydrogen-bond acceptors (Lipinski definition) is 4. The van der Waals surface area contributed by atoms with Gasteiger partial charge in [-0.2, -0.15) is 5.10 Å². The van der Waals surface area contributed by atoms with Crippen LogP contribution in [0.3, 0.4) is 0 Å². The molecule has 2 aromatic rings. The number of rotatable bonds is 5. The van der Waals surface area contributed by atoms with E-state index in [1.165, 1.54) is 0 Å². The summed E-state index contributed by atoms with van der Waals surface area (Å²) in [6.45, 7) is 1.52. The molecule has 0 radical (unpaired) electrons. The molecular formula is C11H13N5S. The Labute approximate surface area is 105 Å². The zero-order valence-corrected chi connectivity index (χ0v) is 10.0. The van der Waals surface area contributed by atoms with Crippen molar-refractivity contribution in [1.82, 2.24) is 14.8 Å². The van der Waals surface area contributed by atoms with Gasteiger partial charge in [-0.25, -0.2) is 0 Å². The molecule has 5 nitrogen and oxygen atoms in total. The van der Waals surface area contributed by atoms with Gasteiger partial charge in [-0.15, -0.1) is 0 Å². The average molecular weight is 247 g/mol. The second-order valence-corrected chi connectivity index (χ2v) is 3.92. The Kier molecular flexibility index (Phi) is 3.66. The molecule has 88 valence electrons. The molecule has 0 aliphatic rings. The number of anilines is 1. The van der Waals surface area contributed by atoms with E-state index < -0.39 is 0 Å². The van der Waals surface area contributed by atoms with Gasteiger partial charge in [0.1, 0.15) is 4.99 Å². The standard InChI is InChI=1S/C11H13N5S/c12-11(17)9-2-4-13-8-10(9)14-5-7-16-6-1-3-15-16/h1-4,6,8,14H,5,7H2,(H2,12,17). The molecule has 0 saturated heterocycles. The fraction of sp³-hybridized carbons (Fsp3) is 0.182. The minimum Gasteiger partial charge on any atom is -0.389 e. The fourth-order valence-corrected chi connectivity index (χ4v) is 1.67. The maximum absolute atomic E-state index is 5.63. The Hall–Kier alpha value is -1.95. The zero-order chi connectivity index (χ0) is 12.1. The molecule has 0 saturated carbocycles. The van der Waals surface area contributed by atoms with Gasteiger partial charge in [0.15, 0.2) is 0 Å². The van der Waals surface area contributed by atoms with Gasteiger partial charge in [-0.05, 0) is 12.1 Å². The van der Waals surface area contributed by atoms with Crippen molar-refractivity contribution in [1.29, 1.82) is 0 Å². The van der Waals surface area contributed by atoms with Crippen LogP contribution in [0.2, 0.25) is 0 Å². The first kappa shape index (κ1) is 11.5. The third-order valence-electron chi connectivity index (χ3n) is 2.30. The summed E-state index contributed by atoms with van der Waals surface area (Å²) in [5.74, 6) is 0. The van der Waals surface area contributed by atoms with E-state index in [9.17, 15) is 0 Å². The van der Waals surface area contributed by atoms with Crippen molar-refractivity contribution in [2.45, 2.75) is 6.54 Å². The molecule has 0 amide bonds. The largest absolute Gasteiger partial charge is 0.389 e. The molecule has 3 N–H and O–H groups in total. The Morgan fingerprint density at radius 1 is 1.47 bits per heavy atom. The third-order valence-corrected chi connectivity index (χ3v) is 2.52. The Morgan fingerprint density at radius 2 is 2.35 bits per heavy atom. The third kappa shape index (κ3) is 3.01. The van der Waals surface area contributed by atoms with Gasteiger partial charge in [-0.1, -0.05) is 12.2 Å². The van der Waals surface area contributed by atoms with Gasteiger partial charge in [-0.3, -0.25) is 9.67 Å². The molecule has 0 fully saturated rings. The summed E-state index contributed by atoms with van der Waals surface area (Å²) in [7, 11) is 0. The van der Waals surface area contributed by atoms with E-state index in [0.717, 1.165) is 24.3 Å². The lowest BCUT2D eigenvalue weighted by atomic mass is 10.2. The molecule has 17 heavy (non-hydrogen) atoms. The molecule has 2 heterocycles. The number of nitrogens with one attached hydrogen (secondary N) is 1. The molecule has 0 spiro atoms. The van der Waals surface area contributed by atoms with E-state index in [1.54, 1.807) is 24.7 Å². The van der Waals surface area contributed by atoms with E-state index >= 15 is 0 Å². The molecule has 0 aliphatic carbocycles. The summed E-state index contributed by atoms with van der Waals surface area (Å²) in [4.78, 5) is 4.41. The highest BCUT2D eigenvalue weighted by Gasteiger charge is 2.03. The molecule has 0 aliphatic heterocycles. The Balaban J connectivity index is 1.97. The minimum atomic E-state index is 0.369. The van der Waals surface area contributed by atoms with E-state index in [0.29, 0.717) is 4.99 Å². The van der Waals surface area contributed by atoms with Gasteiger partial charge < -0.3 is 11.1 Å². The summed E-state index contributed by atoms with van der Waals surface area (Å²) in [5.41, 5.74) is 7.30. The van der Waals surface area contributed by atoms with E-state index in [2.05, 4.69) is 15.4 Å². The second kappa shape index (κ2) is 5.40. The quantitative estimate of drug-likeness (QED) is 0.772. The first-order chi connectivity index (χ1) is 8.27. The second-order valence-electron chi connectivity index (χ2n) is 3.48. The Morgan fingerprint density at radius 3 is 3.06 bits per heavy atom. The van der Waals surface area contributed by atoms with Gasteiger partial charge in [0.25, 0.3) is 0 Å². The number of thiocarbonyl (C=S) groups is 1. The summed E-state index contributed by atoms with van der Waals surface area (Å²) < 4.78 is 1.85. The van der Waals surface area contributed by atoms with Crippen LogP contribution >= 0.6 is 12.2 Å². The number of pyridine rings is 1. The topological polar surface area (TPSA) is 68.8 Å². The van der Waals surface area contributed by atoms with Crippen molar-refractivity contribution >= 4 is 22.9 Å². The molecule has 6 heteroatoms. The summed E-state index contributed by atoms with van der Waals surface area (Å²) in [6, 6.07) is 3.70. The minimum absolute atomic E-state index is 0.369. The first-order valence-electron chi connectivity index (χ1n) is 5.22. The van der Waals surface area contributed by atoms with Crippen LogP contribution in [-0.4, -0.2) is 26.3 Å². The molecule has 2 aromatic heterocycles. The highest BCUT2D eigenvalue weighted by molar-refractivity contribution is 7.80. The fourth-order valence-electron chi connectivity index (χ4n) is 1.49. The predicted octanol–water partition coefficient (Wildman–Crippen LogP) is 1.02. The zero-order valence-electron chi connectivity index (χ0n) is 9.21. The van der Waals surface area contributed by atoms with E-state index in [-0.39, 0.29) is 0 Å². The normalized spacial score (nSPS) is 10.1. The van der Waals surface area contributed by atoms with Crippen LogP contribution in [-0.2, 0) is 6.54 Å². The van der Waals surface area contributed by atoms with Gasteiger partial charge >= 0.3 is 0 Å². The summed E-state index contributed by atoms with van der Waals surface area (Å²) in [5, 5.41) is 7.36. The van der Waals surface area contributed by atoms with E-state index in [4.69, 9.17) is 18.0 Å². The number of hydrogen-bond donors (Lipinski definition) is 2. The van der Waals surface area contributed by atoms with Gasteiger partial charge in [0.05, 0.1) is 18.4 Å². The van der Waals surface area contributed by atoms with Crippen LogP contribution < -0.4 is 11.1 Å².